The fourth-order valence-corrected chi connectivity index (χ4v) is 1.60. The first kappa shape index (κ1) is 14.2. The summed E-state index contributed by atoms with van der Waals surface area (Å²) in [6.45, 7) is 1.99. The topological polar surface area (TPSA) is 17.1 Å². The van der Waals surface area contributed by atoms with E-state index in [1.807, 2.05) is 25.1 Å². The van der Waals surface area contributed by atoms with Crippen LogP contribution in [0.15, 0.2) is 60.2 Å². The molecule has 0 atom stereocenters. The van der Waals surface area contributed by atoms with Gasteiger partial charge in [-0.2, -0.15) is 0 Å². The highest BCUT2D eigenvalue weighted by atomic mass is 16.1. The van der Waals surface area contributed by atoms with Crippen LogP contribution in [0.25, 0.3) is 6.08 Å². The molecule has 0 radical (unpaired) electrons. The van der Waals surface area contributed by atoms with Crippen molar-refractivity contribution in [3.8, 4) is 0 Å². The molecule has 94 valence electrons. The molecule has 0 bridgehead atoms. The van der Waals surface area contributed by atoms with Crippen LogP contribution in [0.2, 0.25) is 0 Å². The molecule has 0 aliphatic rings. The summed E-state index contributed by atoms with van der Waals surface area (Å²) in [5, 5.41) is 0. The number of allylic oxidation sites excluding steroid dienone is 5. The first-order chi connectivity index (χ1) is 8.83. The van der Waals surface area contributed by atoms with Crippen molar-refractivity contribution < 1.29 is 4.79 Å². The lowest BCUT2D eigenvalue weighted by Crippen LogP contribution is -1.78. The van der Waals surface area contributed by atoms with Gasteiger partial charge in [0.15, 0.2) is 0 Å². The SMILES string of the molecule is C/C(=C\C=O)CCC/C=C/C=C/c1ccccc1. The van der Waals surface area contributed by atoms with Gasteiger partial charge >= 0.3 is 0 Å². The number of hydrogen-bond donors (Lipinski definition) is 0. The smallest absolute Gasteiger partial charge is 0.142 e. The molecule has 0 amide bonds. The van der Waals surface area contributed by atoms with Crippen LogP contribution in [-0.4, -0.2) is 6.29 Å². The normalized spacial score (nSPS) is 12.4. The van der Waals surface area contributed by atoms with Gasteiger partial charge in [0, 0.05) is 0 Å². The van der Waals surface area contributed by atoms with Crippen molar-refractivity contribution >= 4 is 12.4 Å². The molecule has 1 aromatic rings. The van der Waals surface area contributed by atoms with Gasteiger partial charge in [-0.15, -0.1) is 0 Å². The lowest BCUT2D eigenvalue weighted by atomic mass is 10.1. The number of carbonyl (C=O) groups excluding carboxylic acids is 1. The largest absolute Gasteiger partial charge is 0.299 e. The minimum atomic E-state index is 0.855. The van der Waals surface area contributed by atoms with E-state index < -0.39 is 0 Å². The summed E-state index contributed by atoms with van der Waals surface area (Å²) in [6.07, 6.45) is 14.0. The third kappa shape index (κ3) is 6.64. The number of rotatable bonds is 7. The highest BCUT2D eigenvalue weighted by molar-refractivity contribution is 5.65. The molecular weight excluding hydrogens is 220 g/mol. The molecule has 0 aliphatic carbocycles. The van der Waals surface area contributed by atoms with Crippen LogP contribution in [0.1, 0.15) is 31.7 Å². The van der Waals surface area contributed by atoms with Crippen molar-refractivity contribution in [3.05, 3.63) is 65.8 Å². The maximum Gasteiger partial charge on any atom is 0.142 e. The van der Waals surface area contributed by atoms with E-state index in [1.54, 1.807) is 6.08 Å². The molecule has 0 saturated carbocycles. The monoisotopic (exact) mass is 240 g/mol. The van der Waals surface area contributed by atoms with E-state index in [-0.39, 0.29) is 0 Å². The molecule has 0 aromatic heterocycles. The summed E-state index contributed by atoms with van der Waals surface area (Å²) in [5.41, 5.74) is 2.37. The summed E-state index contributed by atoms with van der Waals surface area (Å²) in [5.74, 6) is 0. The van der Waals surface area contributed by atoms with E-state index in [4.69, 9.17) is 0 Å². The molecular formula is C17H20O. The molecule has 1 aromatic carbocycles. The number of benzene rings is 1. The highest BCUT2D eigenvalue weighted by Gasteiger charge is 1.87. The second kappa shape index (κ2) is 9.17. The van der Waals surface area contributed by atoms with Crippen molar-refractivity contribution in [2.45, 2.75) is 26.2 Å². The fourth-order valence-electron chi connectivity index (χ4n) is 1.60. The van der Waals surface area contributed by atoms with Crippen molar-refractivity contribution in [1.29, 1.82) is 0 Å². The fraction of sp³-hybridized carbons (Fsp3) is 0.235. The van der Waals surface area contributed by atoms with E-state index in [1.165, 1.54) is 5.56 Å². The molecule has 0 fully saturated rings. The van der Waals surface area contributed by atoms with Gasteiger partial charge in [-0.05, 0) is 37.8 Å². The van der Waals surface area contributed by atoms with Gasteiger partial charge in [-0.3, -0.25) is 4.79 Å². The molecule has 0 N–H and O–H groups in total. The Bertz CT molecular complexity index is 424. The Morgan fingerprint density at radius 3 is 2.67 bits per heavy atom. The summed E-state index contributed by atoms with van der Waals surface area (Å²) < 4.78 is 0. The predicted octanol–water partition coefficient (Wildman–Crippen LogP) is 4.57. The van der Waals surface area contributed by atoms with Crippen LogP contribution >= 0.6 is 0 Å². The minimum absolute atomic E-state index is 0.855. The van der Waals surface area contributed by atoms with Gasteiger partial charge in [0.1, 0.15) is 6.29 Å². The van der Waals surface area contributed by atoms with Crippen molar-refractivity contribution in [2.75, 3.05) is 0 Å². The zero-order valence-electron chi connectivity index (χ0n) is 10.9. The quantitative estimate of drug-likeness (QED) is 0.295. The van der Waals surface area contributed by atoms with Crippen LogP contribution in [0.3, 0.4) is 0 Å². The molecule has 1 rings (SSSR count). The third-order valence-electron chi connectivity index (χ3n) is 2.63. The molecule has 0 spiro atoms. The summed E-state index contributed by atoms with van der Waals surface area (Å²) in [6, 6.07) is 10.2. The Labute approximate surface area is 110 Å². The molecule has 0 heterocycles. The van der Waals surface area contributed by atoms with E-state index in [0.29, 0.717) is 0 Å². The van der Waals surface area contributed by atoms with Crippen LogP contribution in [0.4, 0.5) is 0 Å². The van der Waals surface area contributed by atoms with Gasteiger partial charge in [0.25, 0.3) is 0 Å². The predicted molar refractivity (Wildman–Crippen MR) is 78.3 cm³/mol. The van der Waals surface area contributed by atoms with Gasteiger partial charge in [-0.1, -0.05) is 60.2 Å². The molecule has 0 unspecified atom stereocenters. The van der Waals surface area contributed by atoms with Crippen LogP contribution in [-0.2, 0) is 4.79 Å². The molecule has 18 heavy (non-hydrogen) atoms. The molecule has 0 saturated heterocycles. The zero-order chi connectivity index (χ0) is 13.1. The van der Waals surface area contributed by atoms with Gasteiger partial charge in [0.05, 0.1) is 0 Å². The Balaban J connectivity index is 2.20. The average molecular weight is 240 g/mol. The second-order valence-corrected chi connectivity index (χ2v) is 4.24. The van der Waals surface area contributed by atoms with E-state index >= 15 is 0 Å². The maximum atomic E-state index is 10.2. The van der Waals surface area contributed by atoms with Crippen molar-refractivity contribution in [2.24, 2.45) is 0 Å². The van der Waals surface area contributed by atoms with E-state index in [2.05, 4.69) is 36.4 Å². The van der Waals surface area contributed by atoms with Crippen LogP contribution in [0, 0.1) is 0 Å². The number of carbonyl (C=O) groups is 1. The lowest BCUT2D eigenvalue weighted by Gasteiger charge is -1.95. The summed E-state index contributed by atoms with van der Waals surface area (Å²) >= 11 is 0. The summed E-state index contributed by atoms with van der Waals surface area (Å²) in [7, 11) is 0. The Kier molecular flexibility index (Phi) is 7.22. The first-order valence-corrected chi connectivity index (χ1v) is 6.32. The zero-order valence-corrected chi connectivity index (χ0v) is 10.9. The Morgan fingerprint density at radius 2 is 1.94 bits per heavy atom. The standard InChI is InChI=1S/C17H20O/c1-16(14-15-18)10-6-3-2-4-7-11-17-12-8-5-9-13-17/h2,4-5,7-9,11-15H,3,6,10H2,1H3/b4-2+,11-7+,16-14+. The van der Waals surface area contributed by atoms with Gasteiger partial charge in [0.2, 0.25) is 0 Å². The highest BCUT2D eigenvalue weighted by Crippen LogP contribution is 2.06. The van der Waals surface area contributed by atoms with Crippen molar-refractivity contribution in [3.63, 3.8) is 0 Å². The van der Waals surface area contributed by atoms with Crippen molar-refractivity contribution in [1.82, 2.24) is 0 Å². The van der Waals surface area contributed by atoms with Crippen LogP contribution < -0.4 is 0 Å². The summed E-state index contributed by atoms with van der Waals surface area (Å²) in [4.78, 5) is 10.2. The first-order valence-electron chi connectivity index (χ1n) is 6.32. The average Bonchev–Trinajstić information content (AvgIpc) is 2.39. The van der Waals surface area contributed by atoms with Crippen LogP contribution in [0.5, 0.6) is 0 Å². The number of hydrogen-bond acceptors (Lipinski definition) is 1. The number of aldehydes is 1. The molecule has 1 heteroatoms. The Hall–Kier alpha value is -1.89. The molecule has 0 aliphatic heterocycles. The lowest BCUT2D eigenvalue weighted by molar-refractivity contribution is -0.104. The second-order valence-electron chi connectivity index (χ2n) is 4.24. The Morgan fingerprint density at radius 1 is 1.17 bits per heavy atom. The van der Waals surface area contributed by atoms with Gasteiger partial charge < -0.3 is 0 Å². The van der Waals surface area contributed by atoms with E-state index in [9.17, 15) is 4.79 Å². The molecule has 1 nitrogen and oxygen atoms in total. The maximum absolute atomic E-state index is 10.2. The third-order valence-corrected chi connectivity index (χ3v) is 2.63. The number of unbranched alkanes of at least 4 members (excludes halogenated alkanes) is 1. The van der Waals surface area contributed by atoms with Gasteiger partial charge in [-0.25, -0.2) is 0 Å². The minimum Gasteiger partial charge on any atom is -0.299 e. The van der Waals surface area contributed by atoms with E-state index in [0.717, 1.165) is 31.1 Å².